The average molecular weight is 291 g/mol. The zero-order valence-corrected chi connectivity index (χ0v) is 11.3. The fourth-order valence-corrected chi connectivity index (χ4v) is 2.35. The van der Waals surface area contributed by atoms with Gasteiger partial charge in [-0.3, -0.25) is 9.59 Å². The summed E-state index contributed by atoms with van der Waals surface area (Å²) in [6, 6.07) is 6.69. The predicted octanol–water partition coefficient (Wildman–Crippen LogP) is 0.631. The largest absolute Gasteiger partial charge is 0.395 e. The van der Waals surface area contributed by atoms with Gasteiger partial charge in [0.15, 0.2) is 0 Å². The van der Waals surface area contributed by atoms with Gasteiger partial charge in [-0.25, -0.2) is 4.98 Å². The molecule has 0 atom stereocenters. The Balaban J connectivity index is 2.16. The molecule has 20 heavy (non-hydrogen) atoms. The van der Waals surface area contributed by atoms with Crippen molar-refractivity contribution in [3.05, 3.63) is 40.9 Å². The first-order valence-corrected chi connectivity index (χ1v) is 6.74. The molecule has 2 aromatic rings. The van der Waals surface area contributed by atoms with Gasteiger partial charge in [-0.2, -0.15) is 0 Å². The monoisotopic (exact) mass is 291 g/mol. The number of aromatic nitrogens is 1. The molecule has 4 N–H and O–H groups in total. The molecular formula is C13H13N3O3S. The lowest BCUT2D eigenvalue weighted by Gasteiger charge is -1.99. The van der Waals surface area contributed by atoms with Crippen LogP contribution in [0.1, 0.15) is 20.8 Å². The van der Waals surface area contributed by atoms with Crippen LogP contribution in [0.2, 0.25) is 0 Å². The third-order valence-corrected chi connectivity index (χ3v) is 3.44. The molecule has 104 valence electrons. The average Bonchev–Trinajstić information content (AvgIpc) is 2.94. The van der Waals surface area contributed by atoms with E-state index in [4.69, 9.17) is 10.8 Å². The highest BCUT2D eigenvalue weighted by Gasteiger charge is 2.11. The number of amides is 2. The fraction of sp³-hybridized carbons (Fsp3) is 0.154. The van der Waals surface area contributed by atoms with Gasteiger partial charge in [0, 0.05) is 23.1 Å². The Morgan fingerprint density at radius 2 is 2.00 bits per heavy atom. The van der Waals surface area contributed by atoms with Gasteiger partial charge in [0.2, 0.25) is 5.91 Å². The van der Waals surface area contributed by atoms with Crippen LogP contribution in [-0.4, -0.2) is 35.1 Å². The van der Waals surface area contributed by atoms with E-state index in [0.29, 0.717) is 16.3 Å². The van der Waals surface area contributed by atoms with Crippen molar-refractivity contribution in [3.8, 4) is 10.6 Å². The number of nitrogens with one attached hydrogen (secondary N) is 1. The second-order valence-electron chi connectivity index (χ2n) is 3.96. The first-order chi connectivity index (χ1) is 9.61. The van der Waals surface area contributed by atoms with E-state index in [2.05, 4.69) is 10.3 Å². The number of thiazole rings is 1. The molecule has 0 unspecified atom stereocenters. The molecule has 0 fully saturated rings. The van der Waals surface area contributed by atoms with Crippen molar-refractivity contribution in [2.24, 2.45) is 5.73 Å². The van der Waals surface area contributed by atoms with Crippen LogP contribution in [0.4, 0.5) is 0 Å². The molecule has 1 aromatic heterocycles. The van der Waals surface area contributed by atoms with Gasteiger partial charge < -0.3 is 16.2 Å². The number of aliphatic hydroxyl groups is 1. The summed E-state index contributed by atoms with van der Waals surface area (Å²) in [7, 11) is 0. The third kappa shape index (κ3) is 3.19. The third-order valence-electron chi connectivity index (χ3n) is 2.55. The Kier molecular flexibility index (Phi) is 4.44. The number of nitrogens with zero attached hydrogens (tertiary/aromatic N) is 1. The molecule has 7 heteroatoms. The van der Waals surface area contributed by atoms with Crippen LogP contribution >= 0.6 is 11.3 Å². The molecule has 0 saturated carbocycles. The van der Waals surface area contributed by atoms with E-state index in [1.54, 1.807) is 29.6 Å². The van der Waals surface area contributed by atoms with Crippen LogP contribution in [0.15, 0.2) is 29.6 Å². The summed E-state index contributed by atoms with van der Waals surface area (Å²) in [4.78, 5) is 26.8. The first-order valence-electron chi connectivity index (χ1n) is 5.86. The molecule has 6 nitrogen and oxygen atoms in total. The molecule has 0 bridgehead atoms. The Labute approximate surface area is 119 Å². The summed E-state index contributed by atoms with van der Waals surface area (Å²) < 4.78 is 0. The molecule has 1 heterocycles. The summed E-state index contributed by atoms with van der Waals surface area (Å²) in [5.41, 5.74) is 6.70. The standard InChI is InChI=1S/C13H13N3O3S/c14-11(18)8-1-3-9(4-2-8)13-16-10(7-20-13)12(19)15-5-6-17/h1-4,7,17H,5-6H2,(H2,14,18)(H,15,19). The number of nitrogens with two attached hydrogens (primary N) is 1. The van der Waals surface area contributed by atoms with Gasteiger partial charge >= 0.3 is 0 Å². The molecule has 2 amide bonds. The quantitative estimate of drug-likeness (QED) is 0.751. The highest BCUT2D eigenvalue weighted by molar-refractivity contribution is 7.13. The van der Waals surface area contributed by atoms with Crippen molar-refractivity contribution < 1.29 is 14.7 Å². The molecule has 0 aliphatic carbocycles. The van der Waals surface area contributed by atoms with Crippen LogP contribution < -0.4 is 11.1 Å². The lowest BCUT2D eigenvalue weighted by molar-refractivity contribution is 0.0939. The Morgan fingerprint density at radius 3 is 2.60 bits per heavy atom. The topological polar surface area (TPSA) is 105 Å². The predicted molar refractivity (Wildman–Crippen MR) is 75.5 cm³/mol. The molecule has 1 aromatic carbocycles. The van der Waals surface area contributed by atoms with Gasteiger partial charge in [0.05, 0.1) is 6.61 Å². The molecule has 0 spiro atoms. The fourth-order valence-electron chi connectivity index (χ4n) is 1.55. The summed E-state index contributed by atoms with van der Waals surface area (Å²) in [5, 5.41) is 13.5. The number of carbonyl (C=O) groups excluding carboxylic acids is 2. The summed E-state index contributed by atoms with van der Waals surface area (Å²) in [6.45, 7) is 0.0797. The van der Waals surface area contributed by atoms with E-state index >= 15 is 0 Å². The Bertz CT molecular complexity index is 622. The second-order valence-corrected chi connectivity index (χ2v) is 4.82. The molecule has 0 aliphatic rings. The summed E-state index contributed by atoms with van der Waals surface area (Å²) >= 11 is 1.33. The van der Waals surface area contributed by atoms with E-state index < -0.39 is 5.91 Å². The number of primary amides is 1. The molecule has 2 rings (SSSR count). The highest BCUT2D eigenvalue weighted by atomic mass is 32.1. The highest BCUT2D eigenvalue weighted by Crippen LogP contribution is 2.23. The molecule has 0 aliphatic heterocycles. The maximum Gasteiger partial charge on any atom is 0.270 e. The number of rotatable bonds is 5. The van der Waals surface area contributed by atoms with E-state index in [0.717, 1.165) is 5.56 Å². The van der Waals surface area contributed by atoms with Crippen molar-refractivity contribution in [1.82, 2.24) is 10.3 Å². The maximum absolute atomic E-state index is 11.7. The number of hydrogen-bond donors (Lipinski definition) is 3. The number of benzene rings is 1. The van der Waals surface area contributed by atoms with Crippen molar-refractivity contribution >= 4 is 23.2 Å². The lowest BCUT2D eigenvalue weighted by atomic mass is 10.1. The number of carbonyl (C=O) groups is 2. The number of hydrogen-bond acceptors (Lipinski definition) is 5. The second kappa shape index (κ2) is 6.27. The smallest absolute Gasteiger partial charge is 0.270 e. The Morgan fingerprint density at radius 1 is 1.30 bits per heavy atom. The van der Waals surface area contributed by atoms with E-state index in [1.807, 2.05) is 0 Å². The SMILES string of the molecule is NC(=O)c1ccc(-c2nc(C(=O)NCCO)cs2)cc1. The Hall–Kier alpha value is -2.25. The van der Waals surface area contributed by atoms with Gasteiger partial charge in [-0.1, -0.05) is 12.1 Å². The van der Waals surface area contributed by atoms with Crippen LogP contribution in [-0.2, 0) is 0 Å². The van der Waals surface area contributed by atoms with E-state index in [9.17, 15) is 9.59 Å². The number of aliphatic hydroxyl groups excluding tert-OH is 1. The van der Waals surface area contributed by atoms with Gasteiger partial charge in [-0.15, -0.1) is 11.3 Å². The van der Waals surface area contributed by atoms with Crippen molar-refractivity contribution in [2.75, 3.05) is 13.2 Å². The maximum atomic E-state index is 11.7. The van der Waals surface area contributed by atoms with Crippen molar-refractivity contribution in [3.63, 3.8) is 0 Å². The van der Waals surface area contributed by atoms with Crippen molar-refractivity contribution in [2.45, 2.75) is 0 Å². The van der Waals surface area contributed by atoms with E-state index in [-0.39, 0.29) is 19.1 Å². The zero-order chi connectivity index (χ0) is 14.5. The van der Waals surface area contributed by atoms with E-state index in [1.165, 1.54) is 11.3 Å². The zero-order valence-electron chi connectivity index (χ0n) is 10.5. The summed E-state index contributed by atoms with van der Waals surface area (Å²) in [5.74, 6) is -0.810. The van der Waals surface area contributed by atoms with Crippen LogP contribution in [0, 0.1) is 0 Å². The minimum absolute atomic E-state index is 0.114. The molecular weight excluding hydrogens is 278 g/mol. The lowest BCUT2D eigenvalue weighted by Crippen LogP contribution is -2.26. The van der Waals surface area contributed by atoms with Crippen LogP contribution in [0.3, 0.4) is 0 Å². The summed E-state index contributed by atoms with van der Waals surface area (Å²) in [6.07, 6.45) is 0. The van der Waals surface area contributed by atoms with Gasteiger partial charge in [0.1, 0.15) is 10.7 Å². The molecule has 0 saturated heterocycles. The van der Waals surface area contributed by atoms with Crippen molar-refractivity contribution in [1.29, 1.82) is 0 Å². The van der Waals surface area contributed by atoms with Crippen LogP contribution in [0.25, 0.3) is 10.6 Å². The van der Waals surface area contributed by atoms with Gasteiger partial charge in [0.25, 0.3) is 5.91 Å². The first kappa shape index (κ1) is 14.2. The minimum Gasteiger partial charge on any atom is -0.395 e. The van der Waals surface area contributed by atoms with Gasteiger partial charge in [-0.05, 0) is 12.1 Å². The molecule has 0 radical (unpaired) electrons. The minimum atomic E-state index is -0.486. The van der Waals surface area contributed by atoms with Crippen LogP contribution in [0.5, 0.6) is 0 Å². The normalized spacial score (nSPS) is 10.2.